The van der Waals surface area contributed by atoms with Gasteiger partial charge in [0.05, 0.1) is 18.4 Å². The molecule has 0 saturated heterocycles. The number of benzene rings is 1. The Labute approximate surface area is 113 Å². The molecule has 0 unspecified atom stereocenters. The molecule has 0 aliphatic heterocycles. The monoisotopic (exact) mass is 260 g/mol. The maximum absolute atomic E-state index is 5.94. The zero-order chi connectivity index (χ0) is 13.8. The maximum atomic E-state index is 5.94. The molecule has 4 heteroatoms. The van der Waals surface area contributed by atoms with Gasteiger partial charge in [-0.3, -0.25) is 0 Å². The summed E-state index contributed by atoms with van der Waals surface area (Å²) < 4.78 is 10.4. The number of nitrogens with two attached hydrogens (primary N) is 1. The van der Waals surface area contributed by atoms with Crippen LogP contribution in [-0.4, -0.2) is 12.3 Å². The minimum absolute atomic E-state index is 0.363. The van der Waals surface area contributed by atoms with E-state index in [0.717, 1.165) is 35.4 Å². The van der Waals surface area contributed by atoms with E-state index in [2.05, 4.69) is 19.0 Å². The van der Waals surface area contributed by atoms with E-state index in [9.17, 15) is 0 Å². The third-order valence-electron chi connectivity index (χ3n) is 3.48. The lowest BCUT2D eigenvalue weighted by Crippen LogP contribution is -1.99. The zero-order valence-electron chi connectivity index (χ0n) is 11.6. The molecule has 102 valence electrons. The fraction of sp³-hybridized carbons (Fsp3) is 0.400. The van der Waals surface area contributed by atoms with Gasteiger partial charge in [-0.15, -0.1) is 0 Å². The van der Waals surface area contributed by atoms with E-state index >= 15 is 0 Å². The van der Waals surface area contributed by atoms with Crippen LogP contribution in [-0.2, 0) is 0 Å². The van der Waals surface area contributed by atoms with Crippen LogP contribution in [0.15, 0.2) is 28.8 Å². The number of rotatable bonds is 5. The van der Waals surface area contributed by atoms with Gasteiger partial charge in [-0.2, -0.15) is 0 Å². The van der Waals surface area contributed by atoms with Crippen molar-refractivity contribution in [1.29, 1.82) is 0 Å². The molecule has 2 rings (SSSR count). The third kappa shape index (κ3) is 2.57. The van der Waals surface area contributed by atoms with Crippen LogP contribution in [0.25, 0.3) is 11.1 Å². The predicted molar refractivity (Wildman–Crippen MR) is 76.2 cm³/mol. The molecule has 0 aliphatic carbocycles. The molecule has 0 fully saturated rings. The number of aromatic nitrogens is 1. The summed E-state index contributed by atoms with van der Waals surface area (Å²) in [5.74, 6) is 1.53. The van der Waals surface area contributed by atoms with Gasteiger partial charge in [0.15, 0.2) is 0 Å². The van der Waals surface area contributed by atoms with Crippen LogP contribution < -0.4 is 10.5 Å². The van der Waals surface area contributed by atoms with Gasteiger partial charge in [0.2, 0.25) is 5.88 Å². The standard InChI is InChI=1S/C15H20N2O2/c1-4-10(5-2)14-13(15(16)19-17-14)11-7-6-8-12(9-11)18-3/h6-10H,4-5,16H2,1-3H3. The fourth-order valence-electron chi connectivity index (χ4n) is 2.34. The van der Waals surface area contributed by atoms with E-state index in [1.54, 1.807) is 7.11 Å². The lowest BCUT2D eigenvalue weighted by atomic mass is 9.93. The highest BCUT2D eigenvalue weighted by molar-refractivity contribution is 5.76. The minimum atomic E-state index is 0.363. The van der Waals surface area contributed by atoms with Crippen molar-refractivity contribution in [2.24, 2.45) is 0 Å². The van der Waals surface area contributed by atoms with Gasteiger partial charge < -0.3 is 15.0 Å². The van der Waals surface area contributed by atoms with Crippen molar-refractivity contribution >= 4 is 5.88 Å². The Bertz CT molecular complexity index is 545. The first-order valence-electron chi connectivity index (χ1n) is 6.60. The number of ether oxygens (including phenoxy) is 1. The summed E-state index contributed by atoms with van der Waals surface area (Å²) in [4.78, 5) is 0. The summed E-state index contributed by atoms with van der Waals surface area (Å²) in [7, 11) is 1.65. The Balaban J connectivity index is 2.51. The highest BCUT2D eigenvalue weighted by Gasteiger charge is 2.21. The predicted octanol–water partition coefficient (Wildman–Crippen LogP) is 3.84. The van der Waals surface area contributed by atoms with Crippen LogP contribution in [0.4, 0.5) is 5.88 Å². The maximum Gasteiger partial charge on any atom is 0.230 e. The topological polar surface area (TPSA) is 61.3 Å². The second-order valence-corrected chi connectivity index (χ2v) is 4.55. The van der Waals surface area contributed by atoms with Crippen LogP contribution >= 0.6 is 0 Å². The minimum Gasteiger partial charge on any atom is -0.497 e. The molecule has 19 heavy (non-hydrogen) atoms. The molecular formula is C15H20N2O2. The summed E-state index contributed by atoms with van der Waals surface area (Å²) in [6, 6.07) is 7.80. The van der Waals surface area contributed by atoms with E-state index in [0.29, 0.717) is 11.8 Å². The summed E-state index contributed by atoms with van der Waals surface area (Å²) in [6.07, 6.45) is 2.03. The van der Waals surface area contributed by atoms with Crippen molar-refractivity contribution in [3.05, 3.63) is 30.0 Å². The van der Waals surface area contributed by atoms with Crippen molar-refractivity contribution < 1.29 is 9.26 Å². The van der Waals surface area contributed by atoms with Gasteiger partial charge in [-0.25, -0.2) is 0 Å². The summed E-state index contributed by atoms with van der Waals surface area (Å²) in [5.41, 5.74) is 8.76. The Morgan fingerprint density at radius 1 is 1.32 bits per heavy atom. The highest BCUT2D eigenvalue weighted by atomic mass is 16.5. The first-order chi connectivity index (χ1) is 9.21. The fourth-order valence-corrected chi connectivity index (χ4v) is 2.34. The van der Waals surface area contributed by atoms with E-state index in [-0.39, 0.29) is 0 Å². The SMILES string of the molecule is CCC(CC)c1noc(N)c1-c1cccc(OC)c1. The largest absolute Gasteiger partial charge is 0.497 e. The van der Waals surface area contributed by atoms with Crippen molar-refractivity contribution in [2.75, 3.05) is 12.8 Å². The smallest absolute Gasteiger partial charge is 0.230 e. The summed E-state index contributed by atoms with van der Waals surface area (Å²) in [6.45, 7) is 4.29. The van der Waals surface area contributed by atoms with Crippen molar-refractivity contribution in [1.82, 2.24) is 5.16 Å². The number of anilines is 1. The molecule has 2 aromatic rings. The van der Waals surface area contributed by atoms with E-state index in [1.165, 1.54) is 0 Å². The Hall–Kier alpha value is -1.97. The molecule has 1 aromatic heterocycles. The molecule has 0 saturated carbocycles. The van der Waals surface area contributed by atoms with Crippen LogP contribution in [0.3, 0.4) is 0 Å². The molecule has 1 heterocycles. The van der Waals surface area contributed by atoms with Gasteiger partial charge in [0, 0.05) is 5.92 Å². The number of methoxy groups -OCH3 is 1. The molecule has 4 nitrogen and oxygen atoms in total. The van der Waals surface area contributed by atoms with Gasteiger partial charge in [0.1, 0.15) is 5.75 Å². The van der Waals surface area contributed by atoms with Crippen LogP contribution in [0.5, 0.6) is 5.75 Å². The van der Waals surface area contributed by atoms with Gasteiger partial charge in [0.25, 0.3) is 0 Å². The first-order valence-corrected chi connectivity index (χ1v) is 6.60. The molecule has 1 aromatic carbocycles. The van der Waals surface area contributed by atoms with Crippen molar-refractivity contribution in [3.8, 4) is 16.9 Å². The molecule has 0 bridgehead atoms. The van der Waals surface area contributed by atoms with E-state index in [4.69, 9.17) is 15.0 Å². The Morgan fingerprint density at radius 3 is 2.68 bits per heavy atom. The molecule has 0 radical (unpaired) electrons. The normalized spacial score (nSPS) is 10.9. The number of nitrogens with zero attached hydrogens (tertiary/aromatic N) is 1. The van der Waals surface area contributed by atoms with E-state index < -0.39 is 0 Å². The lowest BCUT2D eigenvalue weighted by molar-refractivity contribution is 0.415. The number of hydrogen-bond acceptors (Lipinski definition) is 4. The zero-order valence-corrected chi connectivity index (χ0v) is 11.6. The molecule has 0 aliphatic rings. The van der Waals surface area contributed by atoms with Gasteiger partial charge in [-0.1, -0.05) is 31.1 Å². The van der Waals surface area contributed by atoms with Crippen molar-refractivity contribution in [2.45, 2.75) is 32.6 Å². The second kappa shape index (κ2) is 5.78. The first kappa shape index (κ1) is 13.5. The average Bonchev–Trinajstić information content (AvgIpc) is 2.82. The molecule has 2 N–H and O–H groups in total. The molecule has 0 atom stereocenters. The van der Waals surface area contributed by atoms with E-state index in [1.807, 2.05) is 24.3 Å². The molecule has 0 amide bonds. The van der Waals surface area contributed by atoms with Crippen LogP contribution in [0.1, 0.15) is 38.3 Å². The lowest BCUT2D eigenvalue weighted by Gasteiger charge is -2.11. The quantitative estimate of drug-likeness (QED) is 0.887. The Kier molecular flexibility index (Phi) is 4.10. The second-order valence-electron chi connectivity index (χ2n) is 4.55. The van der Waals surface area contributed by atoms with Gasteiger partial charge in [-0.05, 0) is 30.5 Å². The average molecular weight is 260 g/mol. The highest BCUT2D eigenvalue weighted by Crippen LogP contribution is 2.37. The summed E-state index contributed by atoms with van der Waals surface area (Å²) in [5, 5.41) is 4.15. The Morgan fingerprint density at radius 2 is 2.05 bits per heavy atom. The number of nitrogen functional groups attached to an aromatic ring is 1. The van der Waals surface area contributed by atoms with Crippen LogP contribution in [0.2, 0.25) is 0 Å². The molecule has 0 spiro atoms. The summed E-state index contributed by atoms with van der Waals surface area (Å²) >= 11 is 0. The third-order valence-corrected chi connectivity index (χ3v) is 3.48. The van der Waals surface area contributed by atoms with Gasteiger partial charge >= 0.3 is 0 Å². The van der Waals surface area contributed by atoms with Crippen LogP contribution in [0, 0.1) is 0 Å². The number of hydrogen-bond donors (Lipinski definition) is 1. The molecular weight excluding hydrogens is 240 g/mol. The van der Waals surface area contributed by atoms with Crippen molar-refractivity contribution in [3.63, 3.8) is 0 Å².